The molecular formula is C28H32FN5O4. The molecule has 38 heavy (non-hydrogen) atoms. The molecule has 2 aromatic carbocycles. The van der Waals surface area contributed by atoms with Crippen molar-refractivity contribution in [3.63, 3.8) is 0 Å². The van der Waals surface area contributed by atoms with Gasteiger partial charge in [-0.3, -0.25) is 14.5 Å². The summed E-state index contributed by atoms with van der Waals surface area (Å²) >= 11 is 0. The number of carbonyl (C=O) groups is 4. The Kier molecular flexibility index (Phi) is 6.81. The molecule has 1 saturated carbocycles. The van der Waals surface area contributed by atoms with E-state index in [1.54, 1.807) is 23.1 Å². The molecule has 10 heteroatoms. The van der Waals surface area contributed by atoms with Crippen molar-refractivity contribution >= 4 is 29.6 Å². The summed E-state index contributed by atoms with van der Waals surface area (Å²) in [6, 6.07) is 10.6. The minimum Gasteiger partial charge on any atom is -0.341 e. The van der Waals surface area contributed by atoms with Crippen LogP contribution in [0.3, 0.4) is 0 Å². The second-order valence-corrected chi connectivity index (χ2v) is 10.5. The fourth-order valence-corrected chi connectivity index (χ4v) is 5.48. The lowest BCUT2D eigenvalue weighted by Gasteiger charge is -2.33. The van der Waals surface area contributed by atoms with Crippen molar-refractivity contribution in [1.29, 1.82) is 0 Å². The van der Waals surface area contributed by atoms with Crippen LogP contribution < -0.4 is 16.0 Å². The van der Waals surface area contributed by atoms with Crippen molar-refractivity contribution in [2.24, 2.45) is 5.92 Å². The molecule has 2 fully saturated rings. The fraction of sp³-hybridized carbons (Fsp3) is 0.429. The maximum atomic E-state index is 13.6. The van der Waals surface area contributed by atoms with Gasteiger partial charge in [0.1, 0.15) is 17.9 Å². The highest BCUT2D eigenvalue weighted by Gasteiger charge is 2.53. The second-order valence-electron chi connectivity index (χ2n) is 10.5. The third-order valence-corrected chi connectivity index (χ3v) is 7.93. The van der Waals surface area contributed by atoms with Crippen molar-refractivity contribution in [2.75, 3.05) is 18.9 Å². The van der Waals surface area contributed by atoms with E-state index in [1.807, 2.05) is 19.1 Å². The molecule has 0 bridgehead atoms. The molecule has 2 atom stereocenters. The van der Waals surface area contributed by atoms with Gasteiger partial charge in [-0.05, 0) is 79.5 Å². The van der Waals surface area contributed by atoms with Gasteiger partial charge in [0, 0.05) is 31.7 Å². The molecule has 1 aliphatic heterocycles. The average molecular weight is 522 g/mol. The topological polar surface area (TPSA) is 111 Å². The first-order chi connectivity index (χ1) is 18.2. The second kappa shape index (κ2) is 10.1. The first kappa shape index (κ1) is 25.7. The Labute approximate surface area is 220 Å². The molecule has 2 aromatic rings. The molecule has 5 rings (SSSR count). The molecule has 0 aromatic heterocycles. The highest BCUT2D eigenvalue weighted by atomic mass is 19.1. The summed E-state index contributed by atoms with van der Waals surface area (Å²) < 4.78 is 13.4. The lowest BCUT2D eigenvalue weighted by atomic mass is 9.77. The Morgan fingerprint density at radius 3 is 2.58 bits per heavy atom. The molecule has 9 nitrogen and oxygen atoms in total. The number of nitrogens with one attached hydrogen (secondary N) is 3. The van der Waals surface area contributed by atoms with Gasteiger partial charge in [-0.2, -0.15) is 0 Å². The Balaban J connectivity index is 1.30. The zero-order chi connectivity index (χ0) is 27.0. The van der Waals surface area contributed by atoms with E-state index in [0.29, 0.717) is 30.9 Å². The van der Waals surface area contributed by atoms with Gasteiger partial charge < -0.3 is 20.9 Å². The highest BCUT2D eigenvalue weighted by Crippen LogP contribution is 2.37. The number of amides is 6. The van der Waals surface area contributed by atoms with Crippen molar-refractivity contribution in [3.8, 4) is 0 Å². The molecule has 0 radical (unpaired) electrons. The number of aryl methyl sites for hydroxylation is 1. The lowest BCUT2D eigenvalue weighted by molar-refractivity contribution is -0.141. The number of anilines is 1. The van der Waals surface area contributed by atoms with E-state index in [-0.39, 0.29) is 36.9 Å². The van der Waals surface area contributed by atoms with Crippen LogP contribution in [0.25, 0.3) is 0 Å². The van der Waals surface area contributed by atoms with E-state index < -0.39 is 17.5 Å². The van der Waals surface area contributed by atoms with Crippen molar-refractivity contribution in [1.82, 2.24) is 20.4 Å². The van der Waals surface area contributed by atoms with Crippen LogP contribution in [0.2, 0.25) is 0 Å². The van der Waals surface area contributed by atoms with Gasteiger partial charge in [0.25, 0.3) is 5.91 Å². The first-order valence-corrected chi connectivity index (χ1v) is 13.0. The number of hydrogen-bond donors (Lipinski definition) is 3. The van der Waals surface area contributed by atoms with Crippen LogP contribution in [-0.2, 0) is 29.0 Å². The van der Waals surface area contributed by atoms with Gasteiger partial charge in [0.15, 0.2) is 0 Å². The average Bonchev–Trinajstić information content (AvgIpc) is 3.73. The molecular weight excluding hydrogens is 489 g/mol. The van der Waals surface area contributed by atoms with Crippen molar-refractivity contribution in [2.45, 2.75) is 57.2 Å². The predicted molar refractivity (Wildman–Crippen MR) is 139 cm³/mol. The Bertz CT molecular complexity index is 1280. The molecule has 3 N–H and O–H groups in total. The van der Waals surface area contributed by atoms with Gasteiger partial charge >= 0.3 is 12.1 Å². The Morgan fingerprint density at radius 1 is 1.16 bits per heavy atom. The van der Waals surface area contributed by atoms with Gasteiger partial charge in [-0.1, -0.05) is 18.2 Å². The fourth-order valence-electron chi connectivity index (χ4n) is 5.48. The highest BCUT2D eigenvalue weighted by molar-refractivity contribution is 6.09. The normalized spacial score (nSPS) is 21.1. The van der Waals surface area contributed by atoms with Gasteiger partial charge in [-0.15, -0.1) is 0 Å². The molecule has 6 amide bonds. The lowest BCUT2D eigenvalue weighted by Crippen LogP contribution is -2.52. The van der Waals surface area contributed by atoms with Crippen molar-refractivity contribution < 1.29 is 23.6 Å². The van der Waals surface area contributed by atoms with E-state index in [0.717, 1.165) is 34.4 Å². The van der Waals surface area contributed by atoms with Gasteiger partial charge in [0.2, 0.25) is 5.91 Å². The number of hydrogen-bond acceptors (Lipinski definition) is 4. The van der Waals surface area contributed by atoms with E-state index in [9.17, 15) is 23.6 Å². The molecule has 1 unspecified atom stereocenters. The van der Waals surface area contributed by atoms with Crippen LogP contribution in [-0.4, -0.2) is 58.8 Å². The third kappa shape index (κ3) is 5.07. The smallest absolute Gasteiger partial charge is 0.325 e. The number of benzene rings is 2. The summed E-state index contributed by atoms with van der Waals surface area (Å²) in [6.07, 6.45) is 3.31. The van der Waals surface area contributed by atoms with Crippen LogP contribution in [0.15, 0.2) is 42.5 Å². The number of nitrogens with zero attached hydrogens (tertiary/aromatic N) is 2. The van der Waals surface area contributed by atoms with Crippen molar-refractivity contribution in [3.05, 3.63) is 65.0 Å². The van der Waals surface area contributed by atoms with E-state index in [4.69, 9.17) is 0 Å². The SMILES string of the molecule is CNC(=O)Nc1ccc2c(c1)CCC1(C2)NC(=O)N(CC(=O)N(Cc2ccc(F)cc2)[C@@H](C)C2CC2)C1=O. The zero-order valence-electron chi connectivity index (χ0n) is 21.6. The number of rotatable bonds is 7. The minimum atomic E-state index is -1.09. The van der Waals surface area contributed by atoms with Gasteiger partial charge in [0.05, 0.1) is 0 Å². The number of urea groups is 2. The maximum Gasteiger partial charge on any atom is 0.325 e. The summed E-state index contributed by atoms with van der Waals surface area (Å²) in [5.74, 6) is -0.670. The van der Waals surface area contributed by atoms with E-state index in [2.05, 4.69) is 16.0 Å². The monoisotopic (exact) mass is 521 g/mol. The number of carbonyl (C=O) groups excluding carboxylic acids is 4. The molecule has 1 spiro atoms. The summed E-state index contributed by atoms with van der Waals surface area (Å²) in [5.41, 5.74) is 2.27. The first-order valence-electron chi connectivity index (χ1n) is 13.0. The summed E-state index contributed by atoms with van der Waals surface area (Å²) in [6.45, 7) is 1.93. The standard InChI is InChI=1S/C28H32FN5O4/c1-17(19-5-6-19)33(15-18-3-8-22(29)9-4-18)24(35)16-34-25(36)28(32-27(34)38)12-11-20-13-23(31-26(37)30-2)10-7-21(20)14-28/h3-4,7-10,13,17,19H,5-6,11-12,14-16H2,1-2H3,(H,32,38)(H2,30,31,37)/t17-,28?/m0/s1. The molecule has 1 heterocycles. The largest absolute Gasteiger partial charge is 0.341 e. The Hall–Kier alpha value is -3.95. The predicted octanol–water partition coefficient (Wildman–Crippen LogP) is 3.18. The summed E-state index contributed by atoms with van der Waals surface area (Å²) in [5, 5.41) is 8.13. The van der Waals surface area contributed by atoms with Crippen LogP contribution in [0.4, 0.5) is 19.7 Å². The van der Waals surface area contributed by atoms with Crippen LogP contribution in [0, 0.1) is 11.7 Å². The molecule has 3 aliphatic rings. The molecule has 2 aliphatic carbocycles. The van der Waals surface area contributed by atoms with Gasteiger partial charge in [-0.25, -0.2) is 14.0 Å². The summed E-state index contributed by atoms with van der Waals surface area (Å²) in [4.78, 5) is 54.4. The van der Waals surface area contributed by atoms with Crippen LogP contribution in [0.5, 0.6) is 0 Å². The maximum absolute atomic E-state index is 13.6. The number of halogens is 1. The third-order valence-electron chi connectivity index (χ3n) is 7.93. The Morgan fingerprint density at radius 2 is 1.89 bits per heavy atom. The zero-order valence-corrected chi connectivity index (χ0v) is 21.6. The number of fused-ring (bicyclic) bond motifs is 1. The summed E-state index contributed by atoms with van der Waals surface area (Å²) in [7, 11) is 1.54. The molecule has 200 valence electrons. The van der Waals surface area contributed by atoms with Crippen LogP contribution >= 0.6 is 0 Å². The molecule has 1 saturated heterocycles. The van der Waals surface area contributed by atoms with E-state index in [1.165, 1.54) is 19.2 Å². The van der Waals surface area contributed by atoms with Crippen LogP contribution in [0.1, 0.15) is 42.9 Å². The number of imide groups is 1. The quantitative estimate of drug-likeness (QED) is 0.486. The van der Waals surface area contributed by atoms with E-state index >= 15 is 0 Å². The minimum absolute atomic E-state index is 0.0542.